The van der Waals surface area contributed by atoms with E-state index < -0.39 is 13.1 Å². The van der Waals surface area contributed by atoms with E-state index in [1.807, 2.05) is 13.0 Å². The van der Waals surface area contributed by atoms with Crippen molar-refractivity contribution in [1.82, 2.24) is 0 Å². The molecule has 0 saturated heterocycles. The summed E-state index contributed by atoms with van der Waals surface area (Å²) in [6.07, 6.45) is 4.03. The lowest BCUT2D eigenvalue weighted by Crippen LogP contribution is -2.36. The summed E-state index contributed by atoms with van der Waals surface area (Å²) in [5, 5.41) is 10.3. The van der Waals surface area contributed by atoms with Gasteiger partial charge in [-0.1, -0.05) is 45.7 Å². The minimum atomic E-state index is -1.09. The zero-order chi connectivity index (χ0) is 19.1. The number of ketones is 1. The maximum absolute atomic E-state index is 12.5. The Morgan fingerprint density at radius 2 is 2.04 bits per heavy atom. The summed E-state index contributed by atoms with van der Waals surface area (Å²) < 4.78 is 11.1. The van der Waals surface area contributed by atoms with Gasteiger partial charge in [0, 0.05) is 18.7 Å². The highest BCUT2D eigenvalue weighted by Gasteiger charge is 2.37. The first-order chi connectivity index (χ1) is 12.5. The van der Waals surface area contributed by atoms with Gasteiger partial charge in [-0.15, -0.1) is 0 Å². The van der Waals surface area contributed by atoms with Crippen molar-refractivity contribution in [3.63, 3.8) is 0 Å². The molecule has 1 aliphatic rings. The molecule has 0 unspecified atom stereocenters. The minimum Gasteiger partial charge on any atom is -0.535 e. The van der Waals surface area contributed by atoms with Crippen LogP contribution in [-0.2, 0) is 16.0 Å². The van der Waals surface area contributed by atoms with Gasteiger partial charge in [0.1, 0.15) is 17.1 Å². The van der Waals surface area contributed by atoms with E-state index in [-0.39, 0.29) is 18.0 Å². The van der Waals surface area contributed by atoms with Crippen LogP contribution in [0.3, 0.4) is 0 Å². The molecule has 1 aliphatic heterocycles. The van der Waals surface area contributed by atoms with Gasteiger partial charge in [0.15, 0.2) is 0 Å². The van der Waals surface area contributed by atoms with Crippen LogP contribution in [0.1, 0.15) is 68.8 Å². The van der Waals surface area contributed by atoms with Crippen molar-refractivity contribution in [2.24, 2.45) is 5.92 Å². The molecule has 0 aliphatic carbocycles. The van der Waals surface area contributed by atoms with Gasteiger partial charge in [-0.2, -0.15) is 0 Å². The van der Waals surface area contributed by atoms with Crippen LogP contribution in [0.4, 0.5) is 0 Å². The van der Waals surface area contributed by atoms with Crippen molar-refractivity contribution in [2.75, 3.05) is 6.61 Å². The normalized spacial score (nSPS) is 16.2. The van der Waals surface area contributed by atoms with Gasteiger partial charge >= 0.3 is 13.1 Å². The molecule has 0 aromatic heterocycles. The fourth-order valence-corrected chi connectivity index (χ4v) is 3.29. The standard InChI is InChI=1S/C20H29BO5/c1-4-8-17(22)12-16-11-15-9-7-10-18(19(15)26-21(16)24)20(23)25-13-14(5-2)6-3/h7,9-10,14,16,24H,4-6,8,11-13H2,1-3H3/t16-/m1/s1. The molecule has 1 aromatic carbocycles. The number of benzene rings is 1. The van der Waals surface area contributed by atoms with Crippen molar-refractivity contribution in [3.05, 3.63) is 29.3 Å². The molecule has 2 rings (SSSR count). The van der Waals surface area contributed by atoms with E-state index in [1.54, 1.807) is 12.1 Å². The summed E-state index contributed by atoms with van der Waals surface area (Å²) >= 11 is 0. The number of esters is 1. The second-order valence-electron chi connectivity index (χ2n) is 7.04. The van der Waals surface area contributed by atoms with Gasteiger partial charge in [-0.05, 0) is 30.4 Å². The van der Waals surface area contributed by atoms with E-state index in [0.29, 0.717) is 36.7 Å². The predicted octanol–water partition coefficient (Wildman–Crippen LogP) is 3.82. The summed E-state index contributed by atoms with van der Waals surface area (Å²) in [6, 6.07) is 5.32. The Labute approximate surface area is 156 Å². The minimum absolute atomic E-state index is 0.129. The molecule has 0 amide bonds. The molecular formula is C20H29BO5. The van der Waals surface area contributed by atoms with Gasteiger partial charge in [0.05, 0.1) is 6.61 Å². The molecule has 6 heteroatoms. The quantitative estimate of drug-likeness (QED) is 0.535. The summed E-state index contributed by atoms with van der Waals surface area (Å²) in [6.45, 7) is 6.49. The first-order valence-electron chi connectivity index (χ1n) is 9.65. The largest absolute Gasteiger partial charge is 0.535 e. The fourth-order valence-electron chi connectivity index (χ4n) is 3.29. The van der Waals surface area contributed by atoms with Crippen LogP contribution in [0.15, 0.2) is 18.2 Å². The number of para-hydroxylation sites is 1. The third-order valence-electron chi connectivity index (χ3n) is 5.06. The zero-order valence-electron chi connectivity index (χ0n) is 16.0. The smallest absolute Gasteiger partial charge is 0.526 e. The molecule has 1 N–H and O–H groups in total. The zero-order valence-corrected chi connectivity index (χ0v) is 16.0. The van der Waals surface area contributed by atoms with Gasteiger partial charge in [0.25, 0.3) is 0 Å². The third-order valence-corrected chi connectivity index (χ3v) is 5.06. The number of hydrogen-bond donors (Lipinski definition) is 1. The van der Waals surface area contributed by atoms with Crippen molar-refractivity contribution < 1.29 is 24.0 Å². The highest BCUT2D eigenvalue weighted by molar-refractivity contribution is 6.47. The molecule has 1 heterocycles. The summed E-state index contributed by atoms with van der Waals surface area (Å²) in [5.74, 6) is 0.149. The maximum atomic E-state index is 12.5. The summed E-state index contributed by atoms with van der Waals surface area (Å²) in [7, 11) is -1.09. The number of carbonyl (C=O) groups is 2. The van der Waals surface area contributed by atoms with Crippen LogP contribution in [0.25, 0.3) is 0 Å². The average molecular weight is 360 g/mol. The van der Waals surface area contributed by atoms with Crippen LogP contribution in [-0.4, -0.2) is 30.5 Å². The Kier molecular flexibility index (Phi) is 7.70. The lowest BCUT2D eigenvalue weighted by atomic mass is 9.64. The van der Waals surface area contributed by atoms with E-state index in [0.717, 1.165) is 24.8 Å². The van der Waals surface area contributed by atoms with E-state index >= 15 is 0 Å². The Hall–Kier alpha value is -1.82. The fraction of sp³-hybridized carbons (Fsp3) is 0.600. The van der Waals surface area contributed by atoms with Crippen molar-refractivity contribution >= 4 is 18.9 Å². The number of hydrogen-bond acceptors (Lipinski definition) is 5. The molecule has 0 radical (unpaired) electrons. The van der Waals surface area contributed by atoms with E-state index in [9.17, 15) is 14.6 Å². The molecule has 0 fully saturated rings. The first kappa shape index (κ1) is 20.5. The second-order valence-corrected chi connectivity index (χ2v) is 7.04. The van der Waals surface area contributed by atoms with Crippen molar-refractivity contribution in [3.8, 4) is 5.75 Å². The molecule has 1 aromatic rings. The lowest BCUT2D eigenvalue weighted by Gasteiger charge is -2.28. The molecule has 142 valence electrons. The summed E-state index contributed by atoms with van der Waals surface area (Å²) in [4.78, 5) is 24.4. The van der Waals surface area contributed by atoms with Crippen LogP contribution < -0.4 is 4.65 Å². The third kappa shape index (κ3) is 5.10. The van der Waals surface area contributed by atoms with Gasteiger partial charge in [-0.3, -0.25) is 4.79 Å². The highest BCUT2D eigenvalue weighted by Crippen LogP contribution is 2.36. The lowest BCUT2D eigenvalue weighted by molar-refractivity contribution is -0.119. The van der Waals surface area contributed by atoms with Crippen LogP contribution in [0, 0.1) is 5.92 Å². The Balaban J connectivity index is 2.10. The Bertz CT molecular complexity index is 627. The van der Waals surface area contributed by atoms with Crippen LogP contribution >= 0.6 is 0 Å². The van der Waals surface area contributed by atoms with E-state index in [4.69, 9.17) is 9.39 Å². The van der Waals surface area contributed by atoms with Crippen LogP contribution in [0.5, 0.6) is 5.75 Å². The van der Waals surface area contributed by atoms with Crippen molar-refractivity contribution in [2.45, 2.75) is 65.1 Å². The molecule has 0 bridgehead atoms. The monoisotopic (exact) mass is 360 g/mol. The maximum Gasteiger partial charge on any atom is 0.526 e. The first-order valence-corrected chi connectivity index (χ1v) is 9.65. The van der Waals surface area contributed by atoms with E-state index in [1.165, 1.54) is 0 Å². The number of carbonyl (C=O) groups excluding carboxylic acids is 2. The predicted molar refractivity (Wildman–Crippen MR) is 101 cm³/mol. The van der Waals surface area contributed by atoms with Gasteiger partial charge < -0.3 is 14.4 Å². The molecule has 5 nitrogen and oxygen atoms in total. The highest BCUT2D eigenvalue weighted by atomic mass is 16.5. The molecule has 26 heavy (non-hydrogen) atoms. The van der Waals surface area contributed by atoms with Gasteiger partial charge in [0.2, 0.25) is 0 Å². The number of fused-ring (bicyclic) bond motifs is 1. The molecule has 0 spiro atoms. The Morgan fingerprint density at radius 3 is 2.69 bits per heavy atom. The topological polar surface area (TPSA) is 72.8 Å². The molecular weight excluding hydrogens is 331 g/mol. The number of Topliss-reactive ketones (excluding diaryl/α,β-unsaturated/α-hetero) is 1. The average Bonchev–Trinajstić information content (AvgIpc) is 2.62. The van der Waals surface area contributed by atoms with E-state index in [2.05, 4.69) is 13.8 Å². The van der Waals surface area contributed by atoms with Gasteiger partial charge in [-0.25, -0.2) is 4.79 Å². The number of rotatable bonds is 9. The molecule has 1 atom stereocenters. The molecule has 0 saturated carbocycles. The SMILES string of the molecule is CCCC(=O)C[C@H]1Cc2cccc(C(=O)OCC(CC)CC)c2OB1O. The number of ether oxygens (including phenoxy) is 1. The second kappa shape index (κ2) is 9.76. The van der Waals surface area contributed by atoms with Crippen molar-refractivity contribution in [1.29, 1.82) is 0 Å². The Morgan fingerprint density at radius 1 is 1.31 bits per heavy atom. The van der Waals surface area contributed by atoms with Crippen LogP contribution in [0.2, 0.25) is 5.82 Å². The summed E-state index contributed by atoms with van der Waals surface area (Å²) in [5.41, 5.74) is 1.17.